The molecule has 0 N–H and O–H groups in total. The standard InChI is InChI=1S/C26H36O7S/c1-8-11-33-26-22(30-4)14-17(15-23(26)34(7)27)19-10-9-18(24(19)31-5)16-12-20(28-2)25(32-6)21(13-16)29-3/h12-15,18-19,24H,8-11H2,1-7H3/t18-,19-,24+,34?/m1/s1. The summed E-state index contributed by atoms with van der Waals surface area (Å²) in [5.41, 5.74) is 2.10. The van der Waals surface area contributed by atoms with Gasteiger partial charge in [-0.15, -0.1) is 0 Å². The molecule has 2 aromatic rings. The van der Waals surface area contributed by atoms with Gasteiger partial charge in [-0.3, -0.25) is 4.21 Å². The number of ether oxygens (including phenoxy) is 6. The van der Waals surface area contributed by atoms with Crippen LogP contribution in [0.25, 0.3) is 0 Å². The van der Waals surface area contributed by atoms with Gasteiger partial charge >= 0.3 is 0 Å². The van der Waals surface area contributed by atoms with E-state index < -0.39 is 10.8 Å². The molecule has 8 heteroatoms. The largest absolute Gasteiger partial charge is 0.493 e. The number of benzene rings is 2. The molecule has 1 unspecified atom stereocenters. The van der Waals surface area contributed by atoms with Gasteiger partial charge in [0.05, 0.1) is 56.8 Å². The molecule has 0 heterocycles. The Kier molecular flexibility index (Phi) is 9.08. The predicted molar refractivity (Wildman–Crippen MR) is 133 cm³/mol. The summed E-state index contributed by atoms with van der Waals surface area (Å²) in [5, 5.41) is 0. The minimum absolute atomic E-state index is 0.0898. The van der Waals surface area contributed by atoms with Crippen LogP contribution in [0.5, 0.6) is 28.7 Å². The molecule has 0 saturated heterocycles. The molecule has 1 saturated carbocycles. The molecular weight excluding hydrogens is 456 g/mol. The van der Waals surface area contributed by atoms with Gasteiger partial charge in [0, 0.05) is 25.2 Å². The highest BCUT2D eigenvalue weighted by molar-refractivity contribution is 7.84. The summed E-state index contributed by atoms with van der Waals surface area (Å²) in [6.07, 6.45) is 4.26. The zero-order valence-corrected chi connectivity index (χ0v) is 22.0. The fraction of sp³-hybridized carbons (Fsp3) is 0.538. The number of methoxy groups -OCH3 is 5. The van der Waals surface area contributed by atoms with Crippen LogP contribution in [0.2, 0.25) is 0 Å². The van der Waals surface area contributed by atoms with Crippen molar-refractivity contribution in [2.24, 2.45) is 0 Å². The summed E-state index contributed by atoms with van der Waals surface area (Å²) < 4.78 is 46.8. The molecule has 0 aromatic heterocycles. The van der Waals surface area contributed by atoms with E-state index in [0.29, 0.717) is 40.2 Å². The first-order valence-corrected chi connectivity index (χ1v) is 13.0. The zero-order chi connectivity index (χ0) is 24.8. The molecule has 0 bridgehead atoms. The van der Waals surface area contributed by atoms with E-state index in [1.165, 1.54) is 0 Å². The molecule has 34 heavy (non-hydrogen) atoms. The van der Waals surface area contributed by atoms with E-state index >= 15 is 0 Å². The van der Waals surface area contributed by atoms with Crippen LogP contribution in [0.15, 0.2) is 29.2 Å². The van der Waals surface area contributed by atoms with Crippen molar-refractivity contribution in [3.05, 3.63) is 35.4 Å². The van der Waals surface area contributed by atoms with Crippen molar-refractivity contribution in [1.82, 2.24) is 0 Å². The Labute approximate surface area is 205 Å². The van der Waals surface area contributed by atoms with E-state index in [9.17, 15) is 4.21 Å². The average Bonchev–Trinajstić information content (AvgIpc) is 3.29. The van der Waals surface area contributed by atoms with Crippen molar-refractivity contribution in [3.8, 4) is 28.7 Å². The first-order valence-electron chi connectivity index (χ1n) is 11.4. The van der Waals surface area contributed by atoms with Gasteiger partial charge in [0.25, 0.3) is 0 Å². The number of rotatable bonds is 11. The molecule has 0 radical (unpaired) electrons. The van der Waals surface area contributed by atoms with Gasteiger partial charge in [0.1, 0.15) is 0 Å². The van der Waals surface area contributed by atoms with E-state index in [4.69, 9.17) is 28.4 Å². The highest BCUT2D eigenvalue weighted by Gasteiger charge is 2.39. The van der Waals surface area contributed by atoms with Crippen LogP contribution in [-0.4, -0.2) is 58.7 Å². The van der Waals surface area contributed by atoms with Crippen LogP contribution in [0, 0.1) is 0 Å². The van der Waals surface area contributed by atoms with Gasteiger partial charge in [-0.25, -0.2) is 0 Å². The van der Waals surface area contributed by atoms with Crippen molar-refractivity contribution in [3.63, 3.8) is 0 Å². The second-order valence-corrected chi connectivity index (χ2v) is 9.65. The lowest BCUT2D eigenvalue weighted by Crippen LogP contribution is -2.22. The minimum Gasteiger partial charge on any atom is -0.493 e. The summed E-state index contributed by atoms with van der Waals surface area (Å²) in [6.45, 7) is 2.57. The van der Waals surface area contributed by atoms with Crippen molar-refractivity contribution in [1.29, 1.82) is 0 Å². The van der Waals surface area contributed by atoms with E-state index in [1.54, 1.807) is 41.8 Å². The zero-order valence-electron chi connectivity index (χ0n) is 21.1. The molecule has 1 aliphatic carbocycles. The maximum Gasteiger partial charge on any atom is 0.203 e. The summed E-state index contributed by atoms with van der Waals surface area (Å²) in [7, 11) is 6.96. The van der Waals surface area contributed by atoms with Crippen LogP contribution in [0.4, 0.5) is 0 Å². The molecule has 0 aliphatic heterocycles. The lowest BCUT2D eigenvalue weighted by molar-refractivity contribution is 0.0804. The maximum absolute atomic E-state index is 12.6. The summed E-state index contributed by atoms with van der Waals surface area (Å²) in [6, 6.07) is 7.97. The van der Waals surface area contributed by atoms with Crippen LogP contribution in [-0.2, 0) is 15.5 Å². The van der Waals surface area contributed by atoms with E-state index in [2.05, 4.69) is 0 Å². The fourth-order valence-corrected chi connectivity index (χ4v) is 5.57. The monoisotopic (exact) mass is 492 g/mol. The maximum atomic E-state index is 12.6. The SMILES string of the molecule is CCCOc1c(OC)cc([C@H]2CC[C@H](c3cc(OC)c(OC)c(OC)c3)[C@@H]2OC)cc1S(C)=O. The molecular formula is C26H36O7S. The molecule has 188 valence electrons. The van der Waals surface area contributed by atoms with Gasteiger partial charge in [-0.2, -0.15) is 0 Å². The average molecular weight is 493 g/mol. The van der Waals surface area contributed by atoms with Crippen molar-refractivity contribution in [2.75, 3.05) is 48.4 Å². The lowest BCUT2D eigenvalue weighted by Gasteiger charge is -2.26. The second-order valence-electron chi connectivity index (χ2n) is 8.30. The van der Waals surface area contributed by atoms with Crippen LogP contribution >= 0.6 is 0 Å². The smallest absolute Gasteiger partial charge is 0.203 e. The number of hydrogen-bond donors (Lipinski definition) is 0. The van der Waals surface area contributed by atoms with Crippen molar-refractivity contribution >= 4 is 10.8 Å². The Balaban J connectivity index is 2.02. The molecule has 4 atom stereocenters. The molecule has 1 aliphatic rings. The quantitative estimate of drug-likeness (QED) is 0.441. The Bertz CT molecular complexity index is 982. The third-order valence-electron chi connectivity index (χ3n) is 6.42. The summed E-state index contributed by atoms with van der Waals surface area (Å²) in [4.78, 5) is 0.647. The third kappa shape index (κ3) is 5.13. The Morgan fingerprint density at radius 2 is 1.29 bits per heavy atom. The fourth-order valence-electron chi connectivity index (χ4n) is 4.85. The lowest BCUT2D eigenvalue weighted by atomic mass is 9.89. The van der Waals surface area contributed by atoms with Gasteiger partial charge in [0.2, 0.25) is 5.75 Å². The highest BCUT2D eigenvalue weighted by atomic mass is 32.2. The van der Waals surface area contributed by atoms with E-state index in [-0.39, 0.29) is 17.9 Å². The Morgan fingerprint density at radius 1 is 0.794 bits per heavy atom. The van der Waals surface area contributed by atoms with E-state index in [1.807, 2.05) is 31.2 Å². The number of hydrogen-bond acceptors (Lipinski definition) is 7. The molecule has 7 nitrogen and oxygen atoms in total. The van der Waals surface area contributed by atoms with Crippen molar-refractivity contribution < 1.29 is 32.6 Å². The molecule has 2 aromatic carbocycles. The van der Waals surface area contributed by atoms with Gasteiger partial charge in [-0.05, 0) is 54.7 Å². The van der Waals surface area contributed by atoms with Gasteiger partial charge in [-0.1, -0.05) is 6.92 Å². The molecule has 1 fully saturated rings. The summed E-state index contributed by atoms with van der Waals surface area (Å²) >= 11 is 0. The first-order chi connectivity index (χ1) is 16.4. The minimum atomic E-state index is -1.23. The van der Waals surface area contributed by atoms with Crippen LogP contribution < -0.4 is 23.7 Å². The van der Waals surface area contributed by atoms with Gasteiger partial charge in [0.15, 0.2) is 23.0 Å². The summed E-state index contributed by atoms with van der Waals surface area (Å²) in [5.74, 6) is 3.20. The van der Waals surface area contributed by atoms with Crippen LogP contribution in [0.3, 0.4) is 0 Å². The third-order valence-corrected chi connectivity index (χ3v) is 7.34. The topological polar surface area (TPSA) is 72.5 Å². The Morgan fingerprint density at radius 3 is 1.71 bits per heavy atom. The molecule has 0 spiro atoms. The van der Waals surface area contributed by atoms with Gasteiger partial charge < -0.3 is 28.4 Å². The normalized spacial score (nSPS) is 20.6. The first kappa shape index (κ1) is 26.2. The van der Waals surface area contributed by atoms with E-state index in [0.717, 1.165) is 30.4 Å². The molecule has 3 rings (SSSR count). The van der Waals surface area contributed by atoms with Crippen molar-refractivity contribution in [2.45, 2.75) is 49.0 Å². The predicted octanol–water partition coefficient (Wildman–Crippen LogP) is 4.92. The highest BCUT2D eigenvalue weighted by Crippen LogP contribution is 2.50. The van der Waals surface area contributed by atoms with Crippen LogP contribution in [0.1, 0.15) is 49.1 Å². The second kappa shape index (κ2) is 11.8. The Hall–Kier alpha value is -2.45. The molecule has 0 amide bonds.